The quantitative estimate of drug-likeness (QED) is 0.737. The SMILES string of the molecule is COc1cc(Cl)c(C)cc1NC(=O)[C@@H](C)OC(=O)c1ccccc1[S@@](C)=O. The summed E-state index contributed by atoms with van der Waals surface area (Å²) in [5.41, 5.74) is 1.34. The number of hydrogen-bond acceptors (Lipinski definition) is 5. The number of benzene rings is 2. The molecule has 1 amide bonds. The lowest BCUT2D eigenvalue weighted by Gasteiger charge is -2.16. The Balaban J connectivity index is 2.14. The lowest BCUT2D eigenvalue weighted by atomic mass is 10.2. The van der Waals surface area contributed by atoms with Gasteiger partial charge in [-0.1, -0.05) is 23.7 Å². The summed E-state index contributed by atoms with van der Waals surface area (Å²) in [6.07, 6.45) is 0.397. The fourth-order valence-electron chi connectivity index (χ4n) is 2.33. The molecule has 2 aromatic rings. The molecule has 8 heteroatoms. The van der Waals surface area contributed by atoms with E-state index < -0.39 is 28.8 Å². The van der Waals surface area contributed by atoms with Crippen LogP contribution in [0.25, 0.3) is 0 Å². The zero-order valence-electron chi connectivity index (χ0n) is 15.4. The Kier molecular flexibility index (Phi) is 6.98. The van der Waals surface area contributed by atoms with E-state index in [9.17, 15) is 13.8 Å². The molecule has 0 aliphatic rings. The molecule has 1 N–H and O–H groups in total. The molecular weight excluding hydrogens is 390 g/mol. The van der Waals surface area contributed by atoms with Crippen LogP contribution >= 0.6 is 11.6 Å². The van der Waals surface area contributed by atoms with Gasteiger partial charge in [-0.3, -0.25) is 9.00 Å². The van der Waals surface area contributed by atoms with Crippen molar-refractivity contribution >= 4 is 40.0 Å². The Morgan fingerprint density at radius 2 is 1.89 bits per heavy atom. The van der Waals surface area contributed by atoms with Gasteiger partial charge in [0.25, 0.3) is 5.91 Å². The maximum atomic E-state index is 12.4. The predicted molar refractivity (Wildman–Crippen MR) is 105 cm³/mol. The summed E-state index contributed by atoms with van der Waals surface area (Å²) in [6.45, 7) is 3.25. The van der Waals surface area contributed by atoms with Gasteiger partial charge in [-0.25, -0.2) is 4.79 Å². The summed E-state index contributed by atoms with van der Waals surface area (Å²) >= 11 is 6.05. The van der Waals surface area contributed by atoms with Crippen LogP contribution < -0.4 is 10.1 Å². The minimum atomic E-state index is -1.36. The first-order valence-corrected chi connectivity index (χ1v) is 9.96. The molecule has 0 aromatic heterocycles. The number of rotatable bonds is 6. The van der Waals surface area contributed by atoms with E-state index in [-0.39, 0.29) is 5.56 Å². The molecule has 144 valence electrons. The Labute approximate surface area is 165 Å². The number of hydrogen-bond donors (Lipinski definition) is 1. The van der Waals surface area contributed by atoms with Gasteiger partial charge in [0.05, 0.1) is 34.1 Å². The van der Waals surface area contributed by atoms with Gasteiger partial charge in [-0.2, -0.15) is 0 Å². The molecule has 0 saturated heterocycles. The molecule has 0 radical (unpaired) electrons. The Hall–Kier alpha value is -2.38. The van der Waals surface area contributed by atoms with Gasteiger partial charge in [0.15, 0.2) is 6.10 Å². The Bertz CT molecular complexity index is 900. The second-order valence-corrected chi connectivity index (χ2v) is 7.54. The summed E-state index contributed by atoms with van der Waals surface area (Å²) in [5.74, 6) is -0.856. The standard InChI is InChI=1S/C19H20ClNO5S/c1-11-9-15(16(25-3)10-14(11)20)21-18(22)12(2)26-19(23)13-7-5-6-8-17(13)27(4)24/h5-10,12H,1-4H3,(H,21,22)/t12-,27-/m1/s1. The molecule has 2 rings (SSSR count). The van der Waals surface area contributed by atoms with Crippen molar-refractivity contribution < 1.29 is 23.3 Å². The number of aryl methyl sites for hydroxylation is 1. The lowest BCUT2D eigenvalue weighted by Crippen LogP contribution is -2.30. The van der Waals surface area contributed by atoms with Gasteiger partial charge < -0.3 is 14.8 Å². The molecule has 2 aromatic carbocycles. The highest BCUT2D eigenvalue weighted by atomic mass is 35.5. The van der Waals surface area contributed by atoms with E-state index in [2.05, 4.69) is 5.32 Å². The third kappa shape index (κ3) is 5.08. The van der Waals surface area contributed by atoms with Crippen molar-refractivity contribution in [1.29, 1.82) is 0 Å². The normalized spacial score (nSPS) is 12.8. The van der Waals surface area contributed by atoms with E-state index in [4.69, 9.17) is 21.1 Å². The molecule has 2 atom stereocenters. The zero-order valence-corrected chi connectivity index (χ0v) is 16.9. The molecule has 0 fully saturated rings. The van der Waals surface area contributed by atoms with Gasteiger partial charge in [0.1, 0.15) is 5.75 Å². The number of methoxy groups -OCH3 is 1. The number of nitrogens with one attached hydrogen (secondary N) is 1. The Morgan fingerprint density at radius 3 is 2.52 bits per heavy atom. The second kappa shape index (κ2) is 9.01. The van der Waals surface area contributed by atoms with Crippen molar-refractivity contribution in [2.75, 3.05) is 18.7 Å². The average Bonchev–Trinajstić information content (AvgIpc) is 2.64. The monoisotopic (exact) mass is 409 g/mol. The van der Waals surface area contributed by atoms with E-state index in [1.165, 1.54) is 26.4 Å². The summed E-state index contributed by atoms with van der Waals surface area (Å²) in [6, 6.07) is 9.67. The second-order valence-electron chi connectivity index (χ2n) is 5.79. The first-order valence-electron chi connectivity index (χ1n) is 8.03. The maximum absolute atomic E-state index is 12.4. The van der Waals surface area contributed by atoms with Crippen LogP contribution in [0.3, 0.4) is 0 Å². The lowest BCUT2D eigenvalue weighted by molar-refractivity contribution is -0.123. The van der Waals surface area contributed by atoms with Crippen molar-refractivity contribution in [2.24, 2.45) is 0 Å². The zero-order chi connectivity index (χ0) is 20.1. The van der Waals surface area contributed by atoms with Gasteiger partial charge in [-0.15, -0.1) is 0 Å². The van der Waals surface area contributed by atoms with Crippen LogP contribution in [0.15, 0.2) is 41.3 Å². The van der Waals surface area contributed by atoms with Gasteiger partial charge in [-0.05, 0) is 37.6 Å². The summed E-state index contributed by atoms with van der Waals surface area (Å²) in [7, 11) is 0.102. The number of carbonyl (C=O) groups excluding carboxylic acids is 2. The highest BCUT2D eigenvalue weighted by Crippen LogP contribution is 2.31. The van der Waals surface area contributed by atoms with Crippen LogP contribution in [0.2, 0.25) is 5.02 Å². The number of ether oxygens (including phenoxy) is 2. The largest absolute Gasteiger partial charge is 0.495 e. The molecule has 6 nitrogen and oxygen atoms in total. The van der Waals surface area contributed by atoms with Crippen LogP contribution in [-0.4, -0.2) is 35.6 Å². The van der Waals surface area contributed by atoms with Gasteiger partial charge >= 0.3 is 5.97 Å². The van der Waals surface area contributed by atoms with Crippen molar-refractivity contribution in [3.8, 4) is 5.75 Å². The van der Waals surface area contributed by atoms with E-state index in [0.717, 1.165) is 5.56 Å². The average molecular weight is 410 g/mol. The first kappa shape index (κ1) is 20.9. The van der Waals surface area contributed by atoms with Crippen LogP contribution in [0.1, 0.15) is 22.8 Å². The molecule has 27 heavy (non-hydrogen) atoms. The summed E-state index contributed by atoms with van der Waals surface area (Å²) in [4.78, 5) is 25.2. The van der Waals surface area contributed by atoms with Crippen LogP contribution in [-0.2, 0) is 20.3 Å². The van der Waals surface area contributed by atoms with E-state index in [1.807, 2.05) is 0 Å². The molecule has 0 aliphatic heterocycles. The van der Waals surface area contributed by atoms with Crippen molar-refractivity contribution in [1.82, 2.24) is 0 Å². The molecule has 0 unspecified atom stereocenters. The van der Waals surface area contributed by atoms with Crippen LogP contribution in [0.5, 0.6) is 5.75 Å². The third-order valence-corrected chi connectivity index (χ3v) is 5.19. The molecule has 0 saturated carbocycles. The topological polar surface area (TPSA) is 81.7 Å². The van der Waals surface area contributed by atoms with Crippen LogP contribution in [0, 0.1) is 6.92 Å². The first-order chi connectivity index (χ1) is 12.7. The number of amides is 1. The molecule has 0 spiro atoms. The number of halogens is 1. The van der Waals surface area contributed by atoms with Crippen LogP contribution in [0.4, 0.5) is 5.69 Å². The number of esters is 1. The van der Waals surface area contributed by atoms with Crippen molar-refractivity contribution in [3.63, 3.8) is 0 Å². The third-order valence-electron chi connectivity index (χ3n) is 3.81. The van der Waals surface area contributed by atoms with E-state index in [1.54, 1.807) is 37.3 Å². The van der Waals surface area contributed by atoms with Gasteiger partial charge in [0.2, 0.25) is 0 Å². The predicted octanol–water partition coefficient (Wildman–Crippen LogP) is 3.58. The molecular formula is C19H20ClNO5S. The van der Waals surface area contributed by atoms with Crippen molar-refractivity contribution in [2.45, 2.75) is 24.8 Å². The fourth-order valence-corrected chi connectivity index (χ4v) is 3.21. The van der Waals surface area contributed by atoms with E-state index >= 15 is 0 Å². The molecule has 0 heterocycles. The maximum Gasteiger partial charge on any atom is 0.340 e. The smallest absolute Gasteiger partial charge is 0.340 e. The molecule has 0 bridgehead atoms. The summed E-state index contributed by atoms with van der Waals surface area (Å²) < 4.78 is 22.2. The number of anilines is 1. The number of carbonyl (C=O) groups is 2. The van der Waals surface area contributed by atoms with E-state index in [0.29, 0.717) is 21.4 Å². The highest BCUT2D eigenvalue weighted by Gasteiger charge is 2.22. The summed E-state index contributed by atoms with van der Waals surface area (Å²) in [5, 5.41) is 3.17. The highest BCUT2D eigenvalue weighted by molar-refractivity contribution is 7.84. The van der Waals surface area contributed by atoms with Crippen molar-refractivity contribution in [3.05, 3.63) is 52.5 Å². The molecule has 0 aliphatic carbocycles. The fraction of sp³-hybridized carbons (Fsp3) is 0.263. The van der Waals surface area contributed by atoms with Gasteiger partial charge in [0, 0.05) is 17.3 Å². The Morgan fingerprint density at radius 1 is 1.22 bits per heavy atom. The minimum absolute atomic E-state index is 0.165. The minimum Gasteiger partial charge on any atom is -0.495 e.